The maximum Gasteiger partial charge on any atom is 0.410 e. The topological polar surface area (TPSA) is 85.7 Å². The van der Waals surface area contributed by atoms with Crippen molar-refractivity contribution in [3.05, 3.63) is 0 Å². The monoisotopic (exact) mass is 269 g/mol. The Morgan fingerprint density at radius 1 is 1.47 bits per heavy atom. The number of hydrogen-bond donors (Lipinski definition) is 3. The van der Waals surface area contributed by atoms with E-state index < -0.39 is 5.60 Å². The fourth-order valence-electron chi connectivity index (χ4n) is 3.12. The molecule has 1 aliphatic carbocycles. The number of ether oxygens (including phenoxy) is 1. The summed E-state index contributed by atoms with van der Waals surface area (Å²) in [5, 5.41) is 16.0. The van der Waals surface area contributed by atoms with Gasteiger partial charge in [0.2, 0.25) is 0 Å². The van der Waals surface area contributed by atoms with Crippen LogP contribution in [-0.2, 0) is 4.74 Å². The molecule has 0 atom stereocenters. The molecule has 1 saturated heterocycles. The second-order valence-electron chi connectivity index (χ2n) is 6.91. The fourth-order valence-corrected chi connectivity index (χ4v) is 3.12. The average Bonchev–Trinajstić information content (AvgIpc) is 2.16. The van der Waals surface area contributed by atoms with E-state index in [4.69, 9.17) is 15.4 Å². The molecule has 0 bridgehead atoms. The van der Waals surface area contributed by atoms with Crippen molar-refractivity contribution in [2.24, 2.45) is 11.3 Å². The van der Waals surface area contributed by atoms with Crippen LogP contribution in [0.5, 0.6) is 0 Å². The average molecular weight is 269 g/mol. The molecule has 1 heterocycles. The highest BCUT2D eigenvalue weighted by atomic mass is 16.6. The molecule has 2 aliphatic rings. The summed E-state index contributed by atoms with van der Waals surface area (Å²) >= 11 is 0. The minimum atomic E-state index is -0.441. The van der Waals surface area contributed by atoms with Crippen LogP contribution in [0.15, 0.2) is 0 Å². The Hall–Kier alpha value is -1.30. The van der Waals surface area contributed by atoms with E-state index in [1.807, 2.05) is 26.3 Å². The van der Waals surface area contributed by atoms with E-state index in [1.54, 1.807) is 4.90 Å². The third-order valence-corrected chi connectivity index (χ3v) is 3.78. The van der Waals surface area contributed by atoms with Gasteiger partial charge in [-0.15, -0.1) is 0 Å². The number of carbonyl (C=O) groups is 1. The third-order valence-electron chi connectivity index (χ3n) is 3.78. The summed E-state index contributed by atoms with van der Waals surface area (Å²) in [6.45, 7) is 7.13. The van der Waals surface area contributed by atoms with Gasteiger partial charge in [0.15, 0.2) is 0 Å². The zero-order valence-corrected chi connectivity index (χ0v) is 11.8. The highest BCUT2D eigenvalue weighted by molar-refractivity contribution is 5.78. The molecule has 0 radical (unpaired) electrons. The SMILES string of the molecule is CC(C)(C)OC(=O)N1CC2(CC(CC(=N)NO)C2)C1. The van der Waals surface area contributed by atoms with Crippen LogP contribution in [0.25, 0.3) is 0 Å². The van der Waals surface area contributed by atoms with Gasteiger partial charge in [-0.1, -0.05) is 0 Å². The van der Waals surface area contributed by atoms with Crippen molar-refractivity contribution in [3.63, 3.8) is 0 Å². The number of nitrogens with zero attached hydrogens (tertiary/aromatic N) is 1. The Labute approximate surface area is 113 Å². The fraction of sp³-hybridized carbons (Fsp3) is 0.846. The first kappa shape index (κ1) is 14.1. The zero-order chi connectivity index (χ0) is 14.3. The van der Waals surface area contributed by atoms with Crippen LogP contribution >= 0.6 is 0 Å². The smallest absolute Gasteiger partial charge is 0.410 e. The van der Waals surface area contributed by atoms with Crippen molar-refractivity contribution in [2.75, 3.05) is 13.1 Å². The normalized spacial score (nSPS) is 21.6. The summed E-state index contributed by atoms with van der Waals surface area (Å²) in [5.41, 5.74) is 1.69. The van der Waals surface area contributed by atoms with E-state index in [-0.39, 0.29) is 17.3 Å². The van der Waals surface area contributed by atoms with Gasteiger partial charge in [0.25, 0.3) is 0 Å². The molecular formula is C13H23N3O3. The standard InChI is InChI=1S/C13H23N3O3/c1-12(2,3)19-11(17)16-7-13(8-16)5-9(6-13)4-10(14)15-18/h9,18H,4-8H2,1-3H3,(H2,14,15). The molecule has 1 amide bonds. The van der Waals surface area contributed by atoms with Gasteiger partial charge < -0.3 is 9.64 Å². The first-order chi connectivity index (χ1) is 8.73. The summed E-state index contributed by atoms with van der Waals surface area (Å²) < 4.78 is 5.32. The minimum Gasteiger partial charge on any atom is -0.444 e. The van der Waals surface area contributed by atoms with Crippen LogP contribution in [0.4, 0.5) is 4.79 Å². The molecule has 108 valence electrons. The molecule has 0 aromatic heterocycles. The van der Waals surface area contributed by atoms with E-state index in [0.717, 1.165) is 25.9 Å². The molecular weight excluding hydrogens is 246 g/mol. The molecule has 1 spiro atoms. The van der Waals surface area contributed by atoms with Gasteiger partial charge in [0.1, 0.15) is 11.4 Å². The lowest BCUT2D eigenvalue weighted by atomic mass is 9.57. The zero-order valence-electron chi connectivity index (χ0n) is 11.8. The second-order valence-corrected chi connectivity index (χ2v) is 6.91. The van der Waals surface area contributed by atoms with Crippen LogP contribution in [0.1, 0.15) is 40.0 Å². The van der Waals surface area contributed by atoms with Crippen molar-refractivity contribution in [1.29, 1.82) is 5.41 Å². The number of hydrogen-bond acceptors (Lipinski definition) is 4. The predicted octanol–water partition coefficient (Wildman–Crippen LogP) is 1.98. The van der Waals surface area contributed by atoms with Gasteiger partial charge in [-0.3, -0.25) is 16.1 Å². The van der Waals surface area contributed by atoms with Gasteiger partial charge in [0.05, 0.1) is 0 Å². The predicted molar refractivity (Wildman–Crippen MR) is 70.2 cm³/mol. The number of carbonyl (C=O) groups excluding carboxylic acids is 1. The maximum absolute atomic E-state index is 11.8. The van der Waals surface area contributed by atoms with Gasteiger partial charge in [-0.2, -0.15) is 0 Å². The Bertz CT molecular complexity index is 375. The van der Waals surface area contributed by atoms with Gasteiger partial charge >= 0.3 is 6.09 Å². The lowest BCUT2D eigenvalue weighted by molar-refractivity contribution is -0.0937. The van der Waals surface area contributed by atoms with E-state index in [9.17, 15) is 4.79 Å². The van der Waals surface area contributed by atoms with Crippen LogP contribution in [0.3, 0.4) is 0 Å². The number of nitrogens with one attached hydrogen (secondary N) is 2. The van der Waals surface area contributed by atoms with Crippen LogP contribution in [0.2, 0.25) is 0 Å². The molecule has 0 unspecified atom stereocenters. The summed E-state index contributed by atoms with van der Waals surface area (Å²) in [6.07, 6.45) is 2.41. The molecule has 3 N–H and O–H groups in total. The number of amides is 1. The lowest BCUT2D eigenvalue weighted by Crippen LogP contribution is -2.64. The third kappa shape index (κ3) is 3.18. The number of amidine groups is 1. The Balaban J connectivity index is 1.70. The highest BCUT2D eigenvalue weighted by Crippen LogP contribution is 2.53. The van der Waals surface area contributed by atoms with Crippen molar-refractivity contribution in [2.45, 2.75) is 45.6 Å². The quantitative estimate of drug-likeness (QED) is 0.406. The van der Waals surface area contributed by atoms with E-state index in [0.29, 0.717) is 12.3 Å². The molecule has 19 heavy (non-hydrogen) atoms. The summed E-state index contributed by atoms with van der Waals surface area (Å²) in [7, 11) is 0. The molecule has 0 aromatic carbocycles. The molecule has 6 heteroatoms. The van der Waals surface area contributed by atoms with Crippen molar-refractivity contribution < 1.29 is 14.7 Å². The maximum atomic E-state index is 11.8. The van der Waals surface area contributed by atoms with Crippen molar-refractivity contribution in [1.82, 2.24) is 10.4 Å². The Morgan fingerprint density at radius 2 is 2.05 bits per heavy atom. The lowest BCUT2D eigenvalue weighted by Gasteiger charge is -2.58. The largest absolute Gasteiger partial charge is 0.444 e. The van der Waals surface area contributed by atoms with Crippen LogP contribution in [0, 0.1) is 16.7 Å². The van der Waals surface area contributed by atoms with Crippen LogP contribution < -0.4 is 5.48 Å². The highest BCUT2D eigenvalue weighted by Gasteiger charge is 2.54. The van der Waals surface area contributed by atoms with Gasteiger partial charge in [0, 0.05) is 24.9 Å². The summed E-state index contributed by atoms with van der Waals surface area (Å²) in [4.78, 5) is 13.5. The van der Waals surface area contributed by atoms with Gasteiger partial charge in [-0.05, 0) is 39.5 Å². The Morgan fingerprint density at radius 3 is 2.53 bits per heavy atom. The molecule has 0 aromatic rings. The van der Waals surface area contributed by atoms with E-state index >= 15 is 0 Å². The Kier molecular flexibility index (Phi) is 3.47. The summed E-state index contributed by atoms with van der Waals surface area (Å²) in [6, 6.07) is 0. The van der Waals surface area contributed by atoms with Crippen molar-refractivity contribution in [3.8, 4) is 0 Å². The first-order valence-corrected chi connectivity index (χ1v) is 6.68. The second kappa shape index (κ2) is 4.67. The number of likely N-dealkylation sites (tertiary alicyclic amines) is 1. The van der Waals surface area contributed by atoms with Gasteiger partial charge in [-0.25, -0.2) is 4.79 Å². The first-order valence-electron chi connectivity index (χ1n) is 6.68. The van der Waals surface area contributed by atoms with Crippen LogP contribution in [-0.4, -0.2) is 40.7 Å². The van der Waals surface area contributed by atoms with E-state index in [1.165, 1.54) is 0 Å². The molecule has 2 fully saturated rings. The summed E-state index contributed by atoms with van der Waals surface area (Å²) in [5.74, 6) is 0.621. The number of hydroxylamine groups is 1. The molecule has 1 aliphatic heterocycles. The van der Waals surface area contributed by atoms with E-state index in [2.05, 4.69) is 0 Å². The molecule has 2 rings (SSSR count). The minimum absolute atomic E-state index is 0.170. The molecule has 1 saturated carbocycles. The number of rotatable bonds is 2. The molecule has 6 nitrogen and oxygen atoms in total. The van der Waals surface area contributed by atoms with Crippen molar-refractivity contribution >= 4 is 11.9 Å².